The van der Waals surface area contributed by atoms with E-state index in [4.69, 9.17) is 13.9 Å². The minimum absolute atomic E-state index is 0.365. The number of thiocarbonyl (C=S) groups is 2. The topological polar surface area (TPSA) is 242 Å². The molecule has 760 valence electrons. The molecule has 0 saturated heterocycles. The Kier molecular flexibility index (Phi) is 58.9. The first-order chi connectivity index (χ1) is 71.6. The average Bonchev–Trinajstić information content (AvgIpc) is 1.64. The first-order valence-electron chi connectivity index (χ1n) is 45.1. The van der Waals surface area contributed by atoms with Crippen LogP contribution in [0.2, 0.25) is 0 Å². The minimum atomic E-state index is -3.19. The summed E-state index contributed by atoms with van der Waals surface area (Å²) < 4.78 is 41.9. The molecule has 0 aliphatic carbocycles. The number of thiol groups is 10. The Hall–Kier alpha value is -10.3. The van der Waals surface area contributed by atoms with Gasteiger partial charge in [0.05, 0.1) is 86.1 Å². The Balaban J connectivity index is 0.000000178. The highest BCUT2D eigenvalue weighted by Gasteiger charge is 2.21. The Morgan fingerprint density at radius 1 is 0.397 bits per heavy atom. The number of ether oxygens (including phenoxy) is 2. The van der Waals surface area contributed by atoms with E-state index in [2.05, 4.69) is 383 Å². The highest BCUT2D eigenvalue weighted by Crippen LogP contribution is 2.32. The summed E-state index contributed by atoms with van der Waals surface area (Å²) in [6.45, 7) is 3.93. The van der Waals surface area contributed by atoms with Crippen molar-refractivity contribution < 1.29 is 22.3 Å². The summed E-state index contributed by atoms with van der Waals surface area (Å²) in [6, 6.07) is 105. The van der Waals surface area contributed by atoms with Crippen LogP contribution in [0, 0.1) is 0 Å². The van der Waals surface area contributed by atoms with E-state index in [0.29, 0.717) is 65.1 Å². The smallest absolute Gasteiger partial charge is 0.200 e. The number of para-hydroxylation sites is 1. The van der Waals surface area contributed by atoms with Crippen LogP contribution in [0.3, 0.4) is 0 Å². The van der Waals surface area contributed by atoms with Crippen molar-refractivity contribution in [2.24, 2.45) is 9.98 Å². The summed E-state index contributed by atoms with van der Waals surface area (Å²) in [7, 11) is -3.19. The van der Waals surface area contributed by atoms with Gasteiger partial charge in [-0.2, -0.15) is 154 Å². The third-order valence-corrected chi connectivity index (χ3v) is 27.5. The number of aromatic nitrogens is 2. The van der Waals surface area contributed by atoms with Crippen molar-refractivity contribution in [2.45, 2.75) is 37.7 Å². The van der Waals surface area contributed by atoms with Gasteiger partial charge < -0.3 is 77.0 Å². The molecule has 0 bridgehead atoms. The van der Waals surface area contributed by atoms with Gasteiger partial charge in [-0.05, 0) is 259 Å². The molecule has 11 aromatic carbocycles. The van der Waals surface area contributed by atoms with E-state index >= 15 is 0 Å². The fraction of sp³-hybridized carbons (Fsp3) is 0.138. The summed E-state index contributed by atoms with van der Waals surface area (Å²) in [6.07, 6.45) is 8.83. The van der Waals surface area contributed by atoms with Gasteiger partial charge in [0.2, 0.25) is 9.84 Å². The van der Waals surface area contributed by atoms with Gasteiger partial charge in [0.25, 0.3) is 0 Å². The maximum atomic E-state index is 11.5. The van der Waals surface area contributed by atoms with Crippen molar-refractivity contribution in [3.05, 3.63) is 411 Å². The molecule has 19 nitrogen and oxygen atoms in total. The van der Waals surface area contributed by atoms with Crippen LogP contribution in [0.25, 0.3) is 59.2 Å². The number of H-pyrrole nitrogens is 2. The number of hydrogen-bond acceptors (Lipinski definition) is 34. The fourth-order valence-corrected chi connectivity index (χ4v) is 19.8. The number of nitrogens with one attached hydrogen (secondary N) is 12. The number of hydrogen-bond donors (Lipinski definition) is 22. The summed E-state index contributed by atoms with van der Waals surface area (Å²) in [5.41, 5.74) is 17.5. The van der Waals surface area contributed by atoms with Crippen LogP contribution >= 0.6 is 207 Å². The molecule has 0 radical (unpaired) electrons. The van der Waals surface area contributed by atoms with Gasteiger partial charge in [0, 0.05) is 143 Å². The Labute approximate surface area is 941 Å². The van der Waals surface area contributed by atoms with E-state index < -0.39 is 9.84 Å². The van der Waals surface area contributed by atoms with Crippen LogP contribution in [0.5, 0.6) is 17.2 Å². The number of furan rings is 1. The third-order valence-electron chi connectivity index (χ3n) is 19.7. The molecule has 0 saturated carbocycles. The molecule has 0 unspecified atom stereocenters. The zero-order chi connectivity index (χ0) is 103. The third kappa shape index (κ3) is 45.8. The predicted molar refractivity (Wildman–Crippen MR) is 674 cm³/mol. The van der Waals surface area contributed by atoms with Gasteiger partial charge in [-0.25, -0.2) is 13.4 Å². The largest absolute Gasteiger partial charge is 0.489 e. The number of aliphatic imine (C=N–C) groups is 2. The zero-order valence-electron chi connectivity index (χ0n) is 79.2. The number of nitrogens with zero attached hydrogens (tertiary/aromatic N) is 2. The molecule has 146 heavy (non-hydrogen) atoms. The number of thiophene rings is 5. The minimum Gasteiger partial charge on any atom is -0.489 e. The molecule has 20 rings (SSSR count). The monoisotopic (exact) mass is 2280 g/mol. The molecule has 0 fully saturated rings. The number of isothiocyanates is 2. The molecule has 0 atom stereocenters. The summed E-state index contributed by atoms with van der Waals surface area (Å²) in [5, 5.41) is 55.7. The van der Waals surface area contributed by atoms with Crippen LogP contribution in [0.1, 0.15) is 32.7 Å². The average molecular weight is 2280 g/mol. The lowest BCUT2D eigenvalue weighted by Gasteiger charge is -2.08. The second kappa shape index (κ2) is 72.1. The number of rotatable bonds is 32. The first-order valence-corrected chi connectivity index (χ1v) is 58.3. The van der Waals surface area contributed by atoms with Crippen molar-refractivity contribution >= 4 is 320 Å². The van der Waals surface area contributed by atoms with Gasteiger partial charge in [0.15, 0.2) is 0 Å². The molecule has 1 aliphatic rings. The standard InChI is InChI=1S/C14H15NOS.C13H13NOS.C13H13NS.C10H11NS2.C10H7NS2.C9H10N2S.C9H6N2S.C9H9NO2S2.C6H9NOS.C6H9NS2.2C5H7NS2/c17-11-15-13-7-4-8-14(9-13)16-10-12-5-2-1-3-6-12;16-10-14-11-5-4-8-13(9-11)15-12-6-2-1-3-7-12;15-10-14-13-8-6-12(7-9-13)11-4-2-1-3-5-11;12-7-11-5-8-6-13-10-4-2-1-3-9(8)10;12-7-11-6-9-5-8-3-1-2-4-10(8)13-9;12-6-11-8-1-2-9-7(5-8)3-4-10-9;12-6-11-8-2-1-7-3-4-10-9(7)5-8;11-14(12)4-3-7-1-2-8(10-6-13)5-9(7)14;9-5-7-3-6-1-2-8-4-6;8-5-7-3-6-1-2-9-4-6;7-4-6-5-1-2-8-3-5;7-4-6-5-2-1-3-8-5/h1-9,15,17H,10-11H2;1-9,14,16H,10H2;1-9,14-15H,10H2;1-4,6,11-12H,5,7H2;1-5H,6H2;1-5,10-12H,6H2;1-5,10H;1-5,10,13H,6H2;1-2,4,7,9H,3,5H2;1-2,4,7-8H,3,5H2;2*1-3,6-7H,4H2. The highest BCUT2D eigenvalue weighted by atomic mass is 32.2. The number of anilines is 7. The number of benzene rings is 11. The van der Waals surface area contributed by atoms with Gasteiger partial charge in [-0.15, -0.1) is 34.0 Å². The van der Waals surface area contributed by atoms with E-state index in [-0.39, 0.29) is 0 Å². The molecule has 1 aliphatic heterocycles. The molecule has 9 heterocycles. The van der Waals surface area contributed by atoms with E-state index in [0.717, 1.165) is 105 Å². The van der Waals surface area contributed by atoms with E-state index in [1.807, 2.05) is 199 Å². The summed E-state index contributed by atoms with van der Waals surface area (Å²) in [5.74, 6) is 9.12. The Morgan fingerprint density at radius 2 is 0.966 bits per heavy atom. The number of fused-ring (bicyclic) bond motifs is 5. The molecule has 12 N–H and O–H groups in total. The van der Waals surface area contributed by atoms with Gasteiger partial charge in [-0.1, -0.05) is 152 Å². The second-order valence-corrected chi connectivity index (χ2v) is 39.7. The molecule has 0 spiro atoms. The van der Waals surface area contributed by atoms with Crippen LogP contribution in [-0.4, -0.2) is 87.5 Å². The lowest BCUT2D eigenvalue weighted by Crippen LogP contribution is -2.09. The summed E-state index contributed by atoms with van der Waals surface area (Å²) in [4.78, 5) is 15.6. The molecule has 37 heteroatoms. The number of sulfone groups is 1. The lowest BCUT2D eigenvalue weighted by atomic mass is 10.1. The molecular weight excluding hydrogens is 2160 g/mol. The maximum Gasteiger partial charge on any atom is 0.200 e. The van der Waals surface area contributed by atoms with Gasteiger partial charge in [-0.3, -0.25) is 0 Å². The van der Waals surface area contributed by atoms with Crippen LogP contribution in [0.15, 0.2) is 397 Å². The van der Waals surface area contributed by atoms with Crippen molar-refractivity contribution in [1.29, 1.82) is 0 Å². The quantitative estimate of drug-likeness (QED) is 0.00811. The van der Waals surface area contributed by atoms with Gasteiger partial charge >= 0.3 is 0 Å². The van der Waals surface area contributed by atoms with E-state index in [1.165, 1.54) is 79.6 Å². The zero-order valence-corrected chi connectivity index (χ0v) is 94.7. The van der Waals surface area contributed by atoms with Crippen molar-refractivity contribution in [2.75, 3.05) is 96.0 Å². The number of aromatic amines is 2. The Bertz CT molecular complexity index is 6890. The van der Waals surface area contributed by atoms with Gasteiger partial charge in [0.1, 0.15) is 23.9 Å². The van der Waals surface area contributed by atoms with Crippen LogP contribution in [0.4, 0.5) is 44.8 Å². The SMILES string of the molecule is O=S1(=O)C=Cc2ccc(NCS)cc21.S=C=NCc1cc2ccccc2s1.S=C=Nc1ccc2cc[nH]c2c1.SCNCc1ccoc1.SCNCc1ccsc1.SCNCc1csc2ccccc12.SCNc1ccc(-c2ccccc2)cc1.SCNc1ccc2[nH]ccc2c1.SCNc1cccc(OCc2ccccc2)c1.SCNc1cccc(Oc2ccccc2)c1.SCNc1cccs1.SCNc1ccsc1. The second-order valence-electron chi connectivity index (χ2n) is 29.8. The Morgan fingerprint density at radius 3 is 1.60 bits per heavy atom. The predicted octanol–water partition coefficient (Wildman–Crippen LogP) is 31.6. The van der Waals surface area contributed by atoms with E-state index in [9.17, 15) is 8.42 Å². The first kappa shape index (κ1) is 119. The van der Waals surface area contributed by atoms with Crippen molar-refractivity contribution in [3.63, 3.8) is 0 Å². The molecular formula is C109H116N14O5S18. The van der Waals surface area contributed by atoms with E-state index in [1.54, 1.807) is 87.4 Å². The highest BCUT2D eigenvalue weighted by molar-refractivity contribution is 7.95. The molecule has 0 amide bonds. The normalized spacial score (nSPS) is 10.6. The maximum absolute atomic E-state index is 11.5. The lowest BCUT2D eigenvalue weighted by molar-refractivity contribution is 0.306. The van der Waals surface area contributed by atoms with Crippen molar-refractivity contribution in [1.82, 2.24) is 25.9 Å². The molecule has 19 aromatic rings. The fourth-order valence-electron chi connectivity index (χ4n) is 12.9. The van der Waals surface area contributed by atoms with Crippen LogP contribution in [-0.2, 0) is 42.6 Å². The van der Waals surface area contributed by atoms with Crippen LogP contribution < -0.4 is 62.6 Å². The summed E-state index contributed by atoms with van der Waals surface area (Å²) >= 11 is 58.3. The molecule has 8 aromatic heterocycles. The van der Waals surface area contributed by atoms with Crippen molar-refractivity contribution in [3.8, 4) is 28.4 Å².